The number of benzene rings is 2. The van der Waals surface area contributed by atoms with Gasteiger partial charge in [0.05, 0.1) is 18.1 Å². The molecule has 3 aromatic rings. The van der Waals surface area contributed by atoms with Gasteiger partial charge < -0.3 is 30.6 Å². The molecular formula is C29H29ClF2N6O5. The third kappa shape index (κ3) is 7.36. The van der Waals surface area contributed by atoms with Crippen LogP contribution in [-0.2, 0) is 22.7 Å². The summed E-state index contributed by atoms with van der Waals surface area (Å²) < 4.78 is 35.5. The lowest BCUT2D eigenvalue weighted by atomic mass is 10.1. The topological polar surface area (TPSA) is 148 Å². The lowest BCUT2D eigenvalue weighted by Crippen LogP contribution is -2.46. The Hall–Kier alpha value is -4.78. The number of rotatable bonds is 10. The van der Waals surface area contributed by atoms with Crippen molar-refractivity contribution in [3.05, 3.63) is 77.3 Å². The monoisotopic (exact) mass is 614 g/mol. The zero-order valence-corrected chi connectivity index (χ0v) is 23.9. The number of hydrogen-bond acceptors (Lipinski definition) is 6. The molecule has 11 nitrogen and oxygen atoms in total. The Labute approximate surface area is 250 Å². The first kappa shape index (κ1) is 31.2. The quantitative estimate of drug-likeness (QED) is 0.181. The van der Waals surface area contributed by atoms with E-state index < -0.39 is 35.9 Å². The molecule has 1 aliphatic rings. The molecule has 2 atom stereocenters. The third-order valence-corrected chi connectivity index (χ3v) is 7.07. The molecule has 0 saturated carbocycles. The fourth-order valence-electron chi connectivity index (χ4n) is 4.75. The Morgan fingerprint density at radius 2 is 2.00 bits per heavy atom. The number of alkyl halides is 1. The number of fused-ring (bicyclic) bond motifs is 1. The number of nitrogens with zero attached hydrogens (tertiary/aromatic N) is 3. The maximum Gasteiger partial charge on any atom is 0.412 e. The number of amidine groups is 1. The lowest BCUT2D eigenvalue weighted by Gasteiger charge is -2.24. The van der Waals surface area contributed by atoms with Crippen molar-refractivity contribution in [3.8, 4) is 5.75 Å². The van der Waals surface area contributed by atoms with E-state index in [1.54, 1.807) is 6.07 Å². The van der Waals surface area contributed by atoms with Crippen molar-refractivity contribution in [1.29, 1.82) is 0 Å². The highest BCUT2D eigenvalue weighted by Crippen LogP contribution is 2.28. The molecule has 226 valence electrons. The summed E-state index contributed by atoms with van der Waals surface area (Å²) in [6.45, 7) is 3.90. The highest BCUT2D eigenvalue weighted by molar-refractivity contribution is 6.30. The summed E-state index contributed by atoms with van der Waals surface area (Å²) in [6, 6.07) is 7.78. The van der Waals surface area contributed by atoms with Crippen molar-refractivity contribution in [1.82, 2.24) is 20.1 Å². The third-order valence-electron chi connectivity index (χ3n) is 6.78. The van der Waals surface area contributed by atoms with Gasteiger partial charge in [0.15, 0.2) is 5.78 Å². The highest BCUT2D eigenvalue weighted by atomic mass is 35.5. The van der Waals surface area contributed by atoms with Gasteiger partial charge >= 0.3 is 6.09 Å². The molecule has 1 aromatic heterocycles. The molecule has 0 radical (unpaired) electrons. The molecule has 43 heavy (non-hydrogen) atoms. The van der Waals surface area contributed by atoms with E-state index in [0.29, 0.717) is 10.9 Å². The van der Waals surface area contributed by atoms with Crippen LogP contribution < -0.4 is 21.1 Å². The van der Waals surface area contributed by atoms with E-state index >= 15 is 0 Å². The average molecular weight is 615 g/mol. The van der Waals surface area contributed by atoms with Crippen LogP contribution in [0.25, 0.3) is 10.9 Å². The van der Waals surface area contributed by atoms with Crippen LogP contribution in [0.2, 0.25) is 5.02 Å². The van der Waals surface area contributed by atoms with Gasteiger partial charge in [-0.3, -0.25) is 14.4 Å². The van der Waals surface area contributed by atoms with E-state index in [-0.39, 0.29) is 66.1 Å². The van der Waals surface area contributed by atoms with Gasteiger partial charge in [0.2, 0.25) is 11.8 Å². The Morgan fingerprint density at radius 1 is 1.23 bits per heavy atom. The van der Waals surface area contributed by atoms with Crippen LogP contribution >= 0.6 is 11.6 Å². The van der Waals surface area contributed by atoms with Crippen LogP contribution in [0, 0.1) is 5.82 Å². The van der Waals surface area contributed by atoms with Crippen molar-refractivity contribution >= 4 is 52.0 Å². The molecular weight excluding hydrogens is 586 g/mol. The van der Waals surface area contributed by atoms with E-state index in [0.717, 1.165) is 4.90 Å². The zero-order chi connectivity index (χ0) is 31.3. The molecule has 1 aliphatic heterocycles. The van der Waals surface area contributed by atoms with Gasteiger partial charge in [-0.2, -0.15) is 0 Å². The van der Waals surface area contributed by atoms with Gasteiger partial charge in [-0.15, -0.1) is 0 Å². The van der Waals surface area contributed by atoms with E-state index in [1.807, 2.05) is 0 Å². The van der Waals surface area contributed by atoms with Crippen molar-refractivity contribution < 1.29 is 32.7 Å². The Balaban J connectivity index is 1.48. The first-order chi connectivity index (χ1) is 20.5. The fourth-order valence-corrected chi connectivity index (χ4v) is 4.94. The lowest BCUT2D eigenvalue weighted by molar-refractivity contribution is -0.139. The van der Waals surface area contributed by atoms with Crippen LogP contribution in [0.1, 0.15) is 29.3 Å². The molecule has 3 amide bonds. The number of hydrogen-bond donors (Lipinski definition) is 3. The number of ether oxygens (including phenoxy) is 1. The van der Waals surface area contributed by atoms with E-state index in [1.165, 1.54) is 54.2 Å². The maximum atomic E-state index is 14.4. The number of nitrogens with two attached hydrogens (primary N) is 1. The van der Waals surface area contributed by atoms with Crippen LogP contribution in [-0.4, -0.2) is 64.3 Å². The second kappa shape index (κ2) is 13.5. The highest BCUT2D eigenvalue weighted by Gasteiger charge is 2.39. The minimum Gasteiger partial charge on any atom is -0.410 e. The summed E-state index contributed by atoms with van der Waals surface area (Å²) in [5.74, 6) is -1.92. The molecule has 1 fully saturated rings. The number of carbonyl (C=O) groups excluding carboxylic acids is 4. The number of aromatic nitrogens is 1. The minimum atomic E-state index is -1.43. The molecule has 0 unspecified atom stereocenters. The molecule has 0 spiro atoms. The number of ketones is 1. The van der Waals surface area contributed by atoms with Gasteiger partial charge in [0.1, 0.15) is 36.2 Å². The number of nitrogens with one attached hydrogen (secondary N) is 2. The van der Waals surface area contributed by atoms with E-state index in [4.69, 9.17) is 22.1 Å². The van der Waals surface area contributed by atoms with Gasteiger partial charge in [0, 0.05) is 47.4 Å². The second-order valence-corrected chi connectivity index (χ2v) is 10.2. The summed E-state index contributed by atoms with van der Waals surface area (Å²) in [4.78, 5) is 55.7. The van der Waals surface area contributed by atoms with Gasteiger partial charge in [-0.05, 0) is 31.2 Å². The van der Waals surface area contributed by atoms with Gasteiger partial charge in [-0.25, -0.2) is 18.6 Å². The predicted molar refractivity (Wildman–Crippen MR) is 156 cm³/mol. The molecule has 4 rings (SSSR count). The molecule has 2 heterocycles. The number of Topliss-reactive ketones (excluding diaryl/α,β-unsaturated/α-hetero) is 1. The van der Waals surface area contributed by atoms with Gasteiger partial charge in [-0.1, -0.05) is 30.3 Å². The summed E-state index contributed by atoms with van der Waals surface area (Å²) in [5.41, 5.74) is 6.49. The van der Waals surface area contributed by atoms with E-state index in [2.05, 4.69) is 22.2 Å². The van der Waals surface area contributed by atoms with Crippen molar-refractivity contribution in [2.75, 3.05) is 13.1 Å². The summed E-state index contributed by atoms with van der Waals surface area (Å²) in [7, 11) is 0. The number of likely N-dealkylation sites (tertiary alicyclic amines) is 1. The summed E-state index contributed by atoms with van der Waals surface area (Å²) >= 11 is 5.79. The second-order valence-electron chi connectivity index (χ2n) is 9.78. The molecule has 1 saturated heterocycles. The largest absolute Gasteiger partial charge is 0.412 e. The normalized spacial score (nSPS) is 16.7. The Kier molecular flexibility index (Phi) is 9.76. The standard InChI is InChI=1S/C29H29ClF2N6O5/c1-3-34-25(33)12-36-29(42)43-19-7-8-23-20(10-19)21(16(2)39)14-37(23)15-26(40)38-13-18(31)9-24(38)28(41)35-11-17-5-4-6-22(30)27(17)32/h3-8,10,14,18,24H,1,9,11-13,15H2,2H3,(H2,33,34)(H,35,41)(H,36,42)/t18-,24+/m1/s1. The SMILES string of the molecule is C=CN=C(N)CNC(=O)Oc1ccc2c(c1)c(C(C)=O)cn2CC(=O)N1C[C@H](F)C[C@H]1C(=O)NCc1cccc(Cl)c1F. The van der Waals surface area contributed by atoms with Crippen LogP contribution in [0.4, 0.5) is 13.6 Å². The number of aliphatic imine (C=N–C) groups is 1. The molecule has 2 aromatic carbocycles. The van der Waals surface area contributed by atoms with Gasteiger partial charge in [0.25, 0.3) is 0 Å². The van der Waals surface area contributed by atoms with Crippen LogP contribution in [0.3, 0.4) is 0 Å². The van der Waals surface area contributed by atoms with Crippen molar-refractivity contribution in [3.63, 3.8) is 0 Å². The minimum absolute atomic E-state index is 0.0724. The number of amides is 3. The van der Waals surface area contributed by atoms with Crippen molar-refractivity contribution in [2.24, 2.45) is 10.7 Å². The maximum absolute atomic E-state index is 14.4. The Morgan fingerprint density at radius 3 is 2.72 bits per heavy atom. The number of halogens is 3. The Bertz CT molecular complexity index is 1620. The summed E-state index contributed by atoms with van der Waals surface area (Å²) in [5, 5.41) is 5.30. The molecule has 0 aliphatic carbocycles. The molecule has 0 bridgehead atoms. The van der Waals surface area contributed by atoms with Crippen LogP contribution in [0.5, 0.6) is 5.75 Å². The first-order valence-electron chi connectivity index (χ1n) is 13.1. The molecule has 14 heteroatoms. The van der Waals surface area contributed by atoms with Crippen molar-refractivity contribution in [2.45, 2.75) is 38.6 Å². The number of carbonyl (C=O) groups is 4. The zero-order valence-electron chi connectivity index (χ0n) is 23.1. The first-order valence-corrected chi connectivity index (χ1v) is 13.5. The summed E-state index contributed by atoms with van der Waals surface area (Å²) in [6.07, 6.45) is 0.253. The van der Waals surface area contributed by atoms with E-state index in [9.17, 15) is 28.0 Å². The van der Waals surface area contributed by atoms with Crippen LogP contribution in [0.15, 0.2) is 60.4 Å². The average Bonchev–Trinajstić information content (AvgIpc) is 3.53. The smallest absolute Gasteiger partial charge is 0.410 e. The fraction of sp³-hybridized carbons (Fsp3) is 0.276. The molecule has 4 N–H and O–H groups in total. The predicted octanol–water partition coefficient (Wildman–Crippen LogP) is 3.48.